The molecule has 1 aliphatic carbocycles. The summed E-state index contributed by atoms with van der Waals surface area (Å²) in [7, 11) is 0. The Balaban J connectivity index is 2.59. The predicted octanol–water partition coefficient (Wildman–Crippen LogP) is 0.814. The first-order chi connectivity index (χ1) is 9.60. The zero-order valence-corrected chi connectivity index (χ0v) is 12.7. The van der Waals surface area contributed by atoms with E-state index in [9.17, 15) is 9.59 Å². The molecule has 0 radical (unpaired) electrons. The Labute approximate surface area is 121 Å². The van der Waals surface area contributed by atoms with Gasteiger partial charge in [0.2, 0.25) is 5.91 Å². The molecule has 20 heavy (non-hydrogen) atoms. The lowest BCUT2D eigenvalue weighted by Gasteiger charge is -2.37. The number of amides is 3. The molecular weight excluding hydrogens is 256 g/mol. The molecule has 0 aliphatic heterocycles. The number of nitrogens with zero attached hydrogens (tertiary/aromatic N) is 1. The SMILES string of the molecule is CCNC(=O)NC(=O)C(C)N(CCN)C1CCCCC1. The molecule has 6 nitrogen and oxygen atoms in total. The molecule has 0 aromatic heterocycles. The summed E-state index contributed by atoms with van der Waals surface area (Å²) >= 11 is 0. The van der Waals surface area contributed by atoms with Crippen molar-refractivity contribution in [3.8, 4) is 0 Å². The first kappa shape index (κ1) is 16.9. The van der Waals surface area contributed by atoms with Crippen molar-refractivity contribution in [3.63, 3.8) is 0 Å². The Morgan fingerprint density at radius 2 is 1.95 bits per heavy atom. The molecule has 6 heteroatoms. The molecule has 0 saturated heterocycles. The van der Waals surface area contributed by atoms with Crippen molar-refractivity contribution in [2.24, 2.45) is 5.73 Å². The Morgan fingerprint density at radius 3 is 2.50 bits per heavy atom. The summed E-state index contributed by atoms with van der Waals surface area (Å²) in [4.78, 5) is 25.7. The zero-order chi connectivity index (χ0) is 15.0. The van der Waals surface area contributed by atoms with Gasteiger partial charge in [0.15, 0.2) is 0 Å². The summed E-state index contributed by atoms with van der Waals surface area (Å²) in [6, 6.07) is -0.354. The number of urea groups is 1. The highest BCUT2D eigenvalue weighted by molar-refractivity contribution is 5.96. The Morgan fingerprint density at radius 1 is 1.30 bits per heavy atom. The zero-order valence-electron chi connectivity index (χ0n) is 12.7. The predicted molar refractivity (Wildman–Crippen MR) is 79.3 cm³/mol. The second-order valence-electron chi connectivity index (χ2n) is 5.34. The van der Waals surface area contributed by atoms with Gasteiger partial charge in [-0.3, -0.25) is 15.0 Å². The summed E-state index contributed by atoms with van der Waals surface area (Å²) < 4.78 is 0. The smallest absolute Gasteiger partial charge is 0.321 e. The molecule has 3 amide bonds. The fraction of sp³-hybridized carbons (Fsp3) is 0.857. The van der Waals surface area contributed by atoms with E-state index in [-0.39, 0.29) is 11.9 Å². The molecule has 4 N–H and O–H groups in total. The van der Waals surface area contributed by atoms with E-state index >= 15 is 0 Å². The standard InChI is InChI=1S/C14H28N4O2/c1-3-16-14(20)17-13(19)11(2)18(10-9-15)12-7-5-4-6-8-12/h11-12H,3-10,15H2,1-2H3,(H2,16,17,19,20). The van der Waals surface area contributed by atoms with Crippen LogP contribution in [0.4, 0.5) is 4.79 Å². The Hall–Kier alpha value is -1.14. The second kappa shape index (κ2) is 8.92. The van der Waals surface area contributed by atoms with Crippen molar-refractivity contribution in [1.82, 2.24) is 15.5 Å². The van der Waals surface area contributed by atoms with Gasteiger partial charge in [0.1, 0.15) is 0 Å². The van der Waals surface area contributed by atoms with Crippen LogP contribution in [0.1, 0.15) is 46.0 Å². The van der Waals surface area contributed by atoms with Crippen LogP contribution in [0.25, 0.3) is 0 Å². The maximum atomic E-state index is 12.1. The molecule has 1 aliphatic rings. The molecule has 0 aromatic rings. The van der Waals surface area contributed by atoms with Crippen LogP contribution in [-0.4, -0.2) is 48.6 Å². The number of carbonyl (C=O) groups is 2. The Kier molecular flexibility index (Phi) is 7.54. The van der Waals surface area contributed by atoms with Crippen LogP contribution >= 0.6 is 0 Å². The fourth-order valence-electron chi connectivity index (χ4n) is 2.83. The van der Waals surface area contributed by atoms with E-state index < -0.39 is 6.03 Å². The highest BCUT2D eigenvalue weighted by Crippen LogP contribution is 2.23. The number of hydrogen-bond donors (Lipinski definition) is 3. The van der Waals surface area contributed by atoms with Gasteiger partial charge >= 0.3 is 6.03 Å². The number of nitrogens with two attached hydrogens (primary N) is 1. The van der Waals surface area contributed by atoms with Gasteiger partial charge in [0.05, 0.1) is 6.04 Å². The van der Waals surface area contributed by atoms with E-state index in [4.69, 9.17) is 5.73 Å². The molecule has 0 heterocycles. The van der Waals surface area contributed by atoms with Gasteiger partial charge in [0.25, 0.3) is 0 Å². The van der Waals surface area contributed by atoms with Crippen molar-refractivity contribution in [2.75, 3.05) is 19.6 Å². The minimum atomic E-state index is -0.430. The lowest BCUT2D eigenvalue weighted by atomic mass is 9.93. The van der Waals surface area contributed by atoms with Crippen molar-refractivity contribution in [2.45, 2.75) is 58.0 Å². The first-order valence-corrected chi connectivity index (χ1v) is 7.64. The van der Waals surface area contributed by atoms with Crippen LogP contribution in [0.15, 0.2) is 0 Å². The molecule has 0 spiro atoms. The number of carbonyl (C=O) groups excluding carboxylic acids is 2. The average Bonchev–Trinajstić information content (AvgIpc) is 2.45. The normalized spacial score (nSPS) is 17.8. The third-order valence-electron chi connectivity index (χ3n) is 3.88. The number of imide groups is 1. The van der Waals surface area contributed by atoms with Crippen LogP contribution in [-0.2, 0) is 4.79 Å². The van der Waals surface area contributed by atoms with Gasteiger partial charge in [-0.1, -0.05) is 19.3 Å². The quantitative estimate of drug-likeness (QED) is 0.673. The lowest BCUT2D eigenvalue weighted by molar-refractivity contribution is -0.125. The van der Waals surface area contributed by atoms with Crippen LogP contribution in [0.2, 0.25) is 0 Å². The van der Waals surface area contributed by atoms with Crippen LogP contribution in [0, 0.1) is 0 Å². The summed E-state index contributed by atoms with van der Waals surface area (Å²) in [5.41, 5.74) is 5.67. The molecule has 1 rings (SSSR count). The van der Waals surface area contributed by atoms with Gasteiger partial charge in [-0.05, 0) is 26.7 Å². The van der Waals surface area contributed by atoms with Gasteiger partial charge in [-0.15, -0.1) is 0 Å². The van der Waals surface area contributed by atoms with Crippen molar-refractivity contribution in [3.05, 3.63) is 0 Å². The number of nitrogens with one attached hydrogen (secondary N) is 2. The minimum Gasteiger partial charge on any atom is -0.338 e. The monoisotopic (exact) mass is 284 g/mol. The molecule has 1 unspecified atom stereocenters. The fourth-order valence-corrected chi connectivity index (χ4v) is 2.83. The van der Waals surface area contributed by atoms with E-state index in [2.05, 4.69) is 15.5 Å². The highest BCUT2D eigenvalue weighted by Gasteiger charge is 2.29. The van der Waals surface area contributed by atoms with Gasteiger partial charge < -0.3 is 11.1 Å². The number of rotatable bonds is 6. The van der Waals surface area contributed by atoms with Crippen LogP contribution in [0.3, 0.4) is 0 Å². The summed E-state index contributed by atoms with van der Waals surface area (Å²) in [6.07, 6.45) is 5.90. The topological polar surface area (TPSA) is 87.5 Å². The van der Waals surface area contributed by atoms with Crippen molar-refractivity contribution >= 4 is 11.9 Å². The summed E-state index contributed by atoms with van der Waals surface area (Å²) in [5, 5.41) is 4.95. The molecule has 0 aromatic carbocycles. The van der Waals surface area contributed by atoms with Crippen LogP contribution < -0.4 is 16.4 Å². The van der Waals surface area contributed by atoms with E-state index in [1.807, 2.05) is 13.8 Å². The third kappa shape index (κ3) is 5.09. The van der Waals surface area contributed by atoms with Gasteiger partial charge in [-0.25, -0.2) is 4.79 Å². The average molecular weight is 284 g/mol. The highest BCUT2D eigenvalue weighted by atomic mass is 16.2. The van der Waals surface area contributed by atoms with Crippen LogP contribution in [0.5, 0.6) is 0 Å². The Bertz CT molecular complexity index is 316. The van der Waals surface area contributed by atoms with E-state index in [0.717, 1.165) is 12.8 Å². The largest absolute Gasteiger partial charge is 0.338 e. The van der Waals surface area contributed by atoms with Crippen molar-refractivity contribution in [1.29, 1.82) is 0 Å². The maximum absolute atomic E-state index is 12.1. The first-order valence-electron chi connectivity index (χ1n) is 7.64. The number of hydrogen-bond acceptors (Lipinski definition) is 4. The van der Waals surface area contributed by atoms with E-state index in [0.29, 0.717) is 25.7 Å². The molecular formula is C14H28N4O2. The van der Waals surface area contributed by atoms with E-state index in [1.165, 1.54) is 19.3 Å². The summed E-state index contributed by atoms with van der Waals surface area (Å²) in [5.74, 6) is -0.255. The van der Waals surface area contributed by atoms with Gasteiger partial charge in [0, 0.05) is 25.7 Å². The summed E-state index contributed by atoms with van der Waals surface area (Å²) in [6.45, 7) is 5.38. The second-order valence-corrected chi connectivity index (χ2v) is 5.34. The maximum Gasteiger partial charge on any atom is 0.321 e. The van der Waals surface area contributed by atoms with Crippen molar-refractivity contribution < 1.29 is 9.59 Å². The van der Waals surface area contributed by atoms with Gasteiger partial charge in [-0.2, -0.15) is 0 Å². The van der Waals surface area contributed by atoms with E-state index in [1.54, 1.807) is 0 Å². The molecule has 1 atom stereocenters. The lowest BCUT2D eigenvalue weighted by Crippen LogP contribution is -2.54. The minimum absolute atomic E-state index is 0.255. The molecule has 1 fully saturated rings. The molecule has 0 bridgehead atoms. The molecule has 116 valence electrons. The molecule has 1 saturated carbocycles. The third-order valence-corrected chi connectivity index (χ3v) is 3.88.